The lowest BCUT2D eigenvalue weighted by molar-refractivity contribution is 0.0917. The standard InChI is InChI=1S/C18H14N2O2S/c19-9-12-4-3-5-13(8-12)18(22)20-10-16(21)15-11-23-17-7-2-1-6-14(15)17/h1-8,11,16,21H,10H2,(H,20,22). The Bertz CT molecular complexity index is 895. The zero-order valence-electron chi connectivity index (χ0n) is 12.2. The van der Waals surface area contributed by atoms with Crippen molar-refractivity contribution in [2.75, 3.05) is 6.54 Å². The van der Waals surface area contributed by atoms with Crippen molar-refractivity contribution < 1.29 is 9.90 Å². The van der Waals surface area contributed by atoms with Crippen LogP contribution in [0.25, 0.3) is 10.1 Å². The van der Waals surface area contributed by atoms with Crippen molar-refractivity contribution in [3.63, 3.8) is 0 Å². The summed E-state index contributed by atoms with van der Waals surface area (Å²) >= 11 is 1.57. The topological polar surface area (TPSA) is 73.1 Å². The fourth-order valence-corrected chi connectivity index (χ4v) is 3.40. The molecule has 3 aromatic rings. The van der Waals surface area contributed by atoms with Gasteiger partial charge in [0.25, 0.3) is 5.91 Å². The summed E-state index contributed by atoms with van der Waals surface area (Å²) in [5.41, 5.74) is 1.66. The van der Waals surface area contributed by atoms with Crippen LogP contribution in [0.4, 0.5) is 0 Å². The van der Waals surface area contributed by atoms with Crippen LogP contribution >= 0.6 is 11.3 Å². The first-order valence-corrected chi connectivity index (χ1v) is 7.99. The van der Waals surface area contributed by atoms with Crippen molar-refractivity contribution >= 4 is 27.3 Å². The normalized spacial score (nSPS) is 11.8. The van der Waals surface area contributed by atoms with Gasteiger partial charge < -0.3 is 10.4 Å². The Balaban J connectivity index is 1.70. The first-order valence-electron chi connectivity index (χ1n) is 7.11. The van der Waals surface area contributed by atoms with E-state index in [0.717, 1.165) is 15.6 Å². The quantitative estimate of drug-likeness (QED) is 0.774. The number of hydrogen-bond donors (Lipinski definition) is 2. The van der Waals surface area contributed by atoms with E-state index < -0.39 is 6.10 Å². The number of carbonyl (C=O) groups is 1. The highest BCUT2D eigenvalue weighted by Crippen LogP contribution is 2.29. The number of nitrogens with zero attached hydrogens (tertiary/aromatic N) is 1. The van der Waals surface area contributed by atoms with Crippen LogP contribution in [0.3, 0.4) is 0 Å². The maximum atomic E-state index is 12.1. The zero-order chi connectivity index (χ0) is 16.2. The lowest BCUT2D eigenvalue weighted by atomic mass is 10.1. The number of aliphatic hydroxyl groups excluding tert-OH is 1. The van der Waals surface area contributed by atoms with Gasteiger partial charge in [0.15, 0.2) is 0 Å². The Morgan fingerprint density at radius 3 is 2.91 bits per heavy atom. The molecule has 0 bridgehead atoms. The Morgan fingerprint density at radius 1 is 1.26 bits per heavy atom. The van der Waals surface area contributed by atoms with Crippen molar-refractivity contribution in [1.82, 2.24) is 5.32 Å². The van der Waals surface area contributed by atoms with E-state index in [1.807, 2.05) is 35.7 Å². The molecule has 1 unspecified atom stereocenters. The fraction of sp³-hybridized carbons (Fsp3) is 0.111. The van der Waals surface area contributed by atoms with E-state index in [2.05, 4.69) is 5.32 Å². The predicted molar refractivity (Wildman–Crippen MR) is 90.3 cm³/mol. The molecule has 0 fully saturated rings. The molecule has 0 saturated heterocycles. The number of thiophene rings is 1. The summed E-state index contributed by atoms with van der Waals surface area (Å²) in [7, 11) is 0. The predicted octanol–water partition coefficient (Wildman–Crippen LogP) is 3.24. The molecular formula is C18H14N2O2S. The van der Waals surface area contributed by atoms with Gasteiger partial charge in [-0.25, -0.2) is 0 Å². The molecule has 0 radical (unpaired) electrons. The monoisotopic (exact) mass is 322 g/mol. The van der Waals surface area contributed by atoms with Crippen molar-refractivity contribution in [2.45, 2.75) is 6.10 Å². The number of rotatable bonds is 4. The fourth-order valence-electron chi connectivity index (χ4n) is 2.39. The van der Waals surface area contributed by atoms with E-state index in [9.17, 15) is 9.90 Å². The van der Waals surface area contributed by atoms with Crippen LogP contribution in [-0.2, 0) is 0 Å². The highest BCUT2D eigenvalue weighted by Gasteiger charge is 2.15. The van der Waals surface area contributed by atoms with Crippen LogP contribution < -0.4 is 5.32 Å². The maximum Gasteiger partial charge on any atom is 0.251 e. The molecule has 0 aliphatic rings. The number of nitrogens with one attached hydrogen (secondary N) is 1. The highest BCUT2D eigenvalue weighted by atomic mass is 32.1. The smallest absolute Gasteiger partial charge is 0.251 e. The summed E-state index contributed by atoms with van der Waals surface area (Å²) in [4.78, 5) is 12.1. The van der Waals surface area contributed by atoms with Gasteiger partial charge in [-0.1, -0.05) is 24.3 Å². The van der Waals surface area contributed by atoms with E-state index in [1.54, 1.807) is 29.5 Å². The molecule has 4 nitrogen and oxygen atoms in total. The number of fused-ring (bicyclic) bond motifs is 1. The van der Waals surface area contributed by atoms with Gasteiger partial charge in [0, 0.05) is 22.4 Å². The minimum atomic E-state index is -0.769. The van der Waals surface area contributed by atoms with E-state index in [1.165, 1.54) is 6.07 Å². The highest BCUT2D eigenvalue weighted by molar-refractivity contribution is 7.17. The Hall–Kier alpha value is -2.68. The van der Waals surface area contributed by atoms with E-state index in [-0.39, 0.29) is 12.5 Å². The summed E-state index contributed by atoms with van der Waals surface area (Å²) in [5, 5.41) is 24.8. The molecule has 0 aliphatic heterocycles. The second-order valence-electron chi connectivity index (χ2n) is 5.11. The summed E-state index contributed by atoms with van der Waals surface area (Å²) in [6, 6.07) is 16.3. The van der Waals surface area contributed by atoms with Crippen molar-refractivity contribution in [1.29, 1.82) is 5.26 Å². The largest absolute Gasteiger partial charge is 0.387 e. The Labute approximate surface area is 137 Å². The molecule has 1 atom stereocenters. The average molecular weight is 322 g/mol. The molecule has 0 saturated carbocycles. The van der Waals surface area contributed by atoms with E-state index in [4.69, 9.17) is 5.26 Å². The van der Waals surface area contributed by atoms with E-state index >= 15 is 0 Å². The van der Waals surface area contributed by atoms with Crippen LogP contribution in [-0.4, -0.2) is 17.6 Å². The molecule has 1 aromatic heterocycles. The number of carbonyl (C=O) groups excluding carboxylic acids is 1. The summed E-state index contributed by atoms with van der Waals surface area (Å²) in [5.74, 6) is -0.305. The lowest BCUT2D eigenvalue weighted by Gasteiger charge is -2.11. The minimum absolute atomic E-state index is 0.121. The van der Waals surface area contributed by atoms with Gasteiger partial charge in [-0.3, -0.25) is 4.79 Å². The molecule has 5 heteroatoms. The van der Waals surface area contributed by atoms with Crippen molar-refractivity contribution in [3.8, 4) is 6.07 Å². The summed E-state index contributed by atoms with van der Waals surface area (Å²) < 4.78 is 1.11. The second kappa shape index (κ2) is 6.61. The van der Waals surface area contributed by atoms with Gasteiger partial charge >= 0.3 is 0 Å². The van der Waals surface area contributed by atoms with Gasteiger partial charge in [0.05, 0.1) is 17.7 Å². The summed E-state index contributed by atoms with van der Waals surface area (Å²) in [6.07, 6.45) is -0.769. The molecular weight excluding hydrogens is 308 g/mol. The SMILES string of the molecule is N#Cc1cccc(C(=O)NCC(O)c2csc3ccccc23)c1. The van der Waals surface area contributed by atoms with Crippen LogP contribution in [0.5, 0.6) is 0 Å². The Morgan fingerprint density at radius 2 is 2.09 bits per heavy atom. The number of hydrogen-bond acceptors (Lipinski definition) is 4. The van der Waals surface area contributed by atoms with Crippen LogP contribution in [0.1, 0.15) is 27.6 Å². The molecule has 2 aromatic carbocycles. The van der Waals surface area contributed by atoms with Gasteiger partial charge in [0.1, 0.15) is 0 Å². The Kier molecular flexibility index (Phi) is 4.38. The first-order chi connectivity index (χ1) is 11.2. The van der Waals surface area contributed by atoms with Gasteiger partial charge in [0.2, 0.25) is 0 Å². The maximum absolute atomic E-state index is 12.1. The van der Waals surface area contributed by atoms with Crippen LogP contribution in [0.2, 0.25) is 0 Å². The first kappa shape index (κ1) is 15.2. The minimum Gasteiger partial charge on any atom is -0.387 e. The molecule has 0 aliphatic carbocycles. The molecule has 1 heterocycles. The number of nitriles is 1. The van der Waals surface area contributed by atoms with Gasteiger partial charge in [-0.05, 0) is 35.0 Å². The molecule has 3 rings (SSSR count). The number of aliphatic hydroxyl groups is 1. The zero-order valence-corrected chi connectivity index (χ0v) is 13.0. The van der Waals surface area contributed by atoms with Gasteiger partial charge in [-0.15, -0.1) is 11.3 Å². The molecule has 23 heavy (non-hydrogen) atoms. The van der Waals surface area contributed by atoms with E-state index in [0.29, 0.717) is 11.1 Å². The van der Waals surface area contributed by atoms with Crippen LogP contribution in [0, 0.1) is 11.3 Å². The molecule has 114 valence electrons. The summed E-state index contributed by atoms with van der Waals surface area (Å²) in [6.45, 7) is 0.121. The third kappa shape index (κ3) is 3.24. The second-order valence-corrected chi connectivity index (χ2v) is 6.02. The average Bonchev–Trinajstić information content (AvgIpc) is 3.03. The molecule has 2 N–H and O–H groups in total. The molecule has 0 spiro atoms. The number of amides is 1. The number of benzene rings is 2. The third-order valence-electron chi connectivity index (χ3n) is 3.58. The van der Waals surface area contributed by atoms with Crippen molar-refractivity contribution in [2.24, 2.45) is 0 Å². The molecule has 1 amide bonds. The van der Waals surface area contributed by atoms with Crippen molar-refractivity contribution in [3.05, 3.63) is 70.6 Å². The third-order valence-corrected chi connectivity index (χ3v) is 4.56. The van der Waals surface area contributed by atoms with Crippen LogP contribution in [0.15, 0.2) is 53.9 Å². The lowest BCUT2D eigenvalue weighted by Crippen LogP contribution is -2.28. The van der Waals surface area contributed by atoms with Gasteiger partial charge in [-0.2, -0.15) is 5.26 Å².